The van der Waals surface area contributed by atoms with Crippen molar-refractivity contribution >= 4 is 0 Å². The molecular formula is C6H10F. The molecule has 0 atom stereocenters. The molecule has 0 nitrogen and oxygen atoms in total. The average molecular weight is 101 g/mol. The number of rotatable bonds is 1. The summed E-state index contributed by atoms with van der Waals surface area (Å²) in [6.45, 7) is 1.79. The largest absolute Gasteiger partial charge is 0.244 e. The first-order chi connectivity index (χ1) is 3.27. The normalized spacial score (nSPS) is 26.6. The third-order valence-corrected chi connectivity index (χ3v) is 1.70. The lowest BCUT2D eigenvalue weighted by Crippen LogP contribution is -2.30. The lowest BCUT2D eigenvalue weighted by molar-refractivity contribution is 0.101. The lowest BCUT2D eigenvalue weighted by atomic mass is 9.80. The number of hydrogen-bond acceptors (Lipinski definition) is 0. The highest BCUT2D eigenvalue weighted by atomic mass is 19.1. The predicted molar refractivity (Wildman–Crippen MR) is 27.7 cm³/mol. The van der Waals surface area contributed by atoms with Crippen molar-refractivity contribution in [3.8, 4) is 0 Å². The Kier molecular flexibility index (Phi) is 1.06. The van der Waals surface area contributed by atoms with Crippen LogP contribution in [0, 0.1) is 6.42 Å². The van der Waals surface area contributed by atoms with E-state index in [-0.39, 0.29) is 0 Å². The zero-order valence-electron chi connectivity index (χ0n) is 4.58. The molecular weight excluding hydrogens is 91.1 g/mol. The Morgan fingerprint density at radius 3 is 2.14 bits per heavy atom. The number of hydrogen-bond donors (Lipinski definition) is 0. The predicted octanol–water partition coefficient (Wildman–Crippen LogP) is 2.10. The van der Waals surface area contributed by atoms with E-state index in [0.29, 0.717) is 0 Å². The molecule has 7 heavy (non-hydrogen) atoms. The summed E-state index contributed by atoms with van der Waals surface area (Å²) in [5.74, 6) is 0. The summed E-state index contributed by atoms with van der Waals surface area (Å²) in [4.78, 5) is 0. The van der Waals surface area contributed by atoms with Crippen LogP contribution in [0.25, 0.3) is 0 Å². The Balaban J connectivity index is 2.29. The standard InChI is InChI=1S/C6H10F/c1-2-6(7)4-3-5-6/h2H,3-5H2,1H3. The monoisotopic (exact) mass is 101 g/mol. The molecule has 1 rings (SSSR count). The fourth-order valence-electron chi connectivity index (χ4n) is 0.803. The van der Waals surface area contributed by atoms with Crippen LogP contribution >= 0.6 is 0 Å². The molecule has 0 aliphatic heterocycles. The van der Waals surface area contributed by atoms with Gasteiger partial charge in [0.25, 0.3) is 0 Å². The summed E-state index contributed by atoms with van der Waals surface area (Å²) >= 11 is 0. The molecule has 0 unspecified atom stereocenters. The van der Waals surface area contributed by atoms with Crippen LogP contribution in [-0.2, 0) is 0 Å². The minimum atomic E-state index is -0.861. The minimum absolute atomic E-state index is 0.753. The Morgan fingerprint density at radius 2 is 2.14 bits per heavy atom. The highest BCUT2D eigenvalue weighted by Gasteiger charge is 2.34. The summed E-state index contributed by atoms with van der Waals surface area (Å²) in [5.41, 5.74) is -0.861. The maximum atomic E-state index is 12.6. The molecule has 0 aromatic heterocycles. The van der Waals surface area contributed by atoms with E-state index < -0.39 is 5.67 Å². The third kappa shape index (κ3) is 0.767. The van der Waals surface area contributed by atoms with Gasteiger partial charge in [0.2, 0.25) is 0 Å². The minimum Gasteiger partial charge on any atom is -0.244 e. The van der Waals surface area contributed by atoms with Gasteiger partial charge in [-0.15, -0.1) is 0 Å². The van der Waals surface area contributed by atoms with Crippen molar-refractivity contribution in [2.24, 2.45) is 0 Å². The van der Waals surface area contributed by atoms with E-state index >= 15 is 0 Å². The number of alkyl halides is 1. The molecule has 0 bridgehead atoms. The summed E-state index contributed by atoms with van der Waals surface area (Å²) in [7, 11) is 0. The van der Waals surface area contributed by atoms with Crippen LogP contribution in [0.4, 0.5) is 4.39 Å². The van der Waals surface area contributed by atoms with Gasteiger partial charge in [0.05, 0.1) is 0 Å². The van der Waals surface area contributed by atoms with E-state index in [1.54, 1.807) is 13.3 Å². The van der Waals surface area contributed by atoms with Crippen LogP contribution in [0.1, 0.15) is 26.2 Å². The molecule has 1 fully saturated rings. The molecule has 0 amide bonds. The Labute approximate surface area is 43.7 Å². The summed E-state index contributed by atoms with van der Waals surface area (Å²) < 4.78 is 12.6. The van der Waals surface area contributed by atoms with Crippen molar-refractivity contribution in [1.82, 2.24) is 0 Å². The van der Waals surface area contributed by atoms with Gasteiger partial charge in [-0.25, -0.2) is 4.39 Å². The van der Waals surface area contributed by atoms with Gasteiger partial charge < -0.3 is 0 Å². The second-order valence-electron chi connectivity index (χ2n) is 2.18. The maximum Gasteiger partial charge on any atom is 0.114 e. The van der Waals surface area contributed by atoms with Gasteiger partial charge in [0, 0.05) is 0 Å². The van der Waals surface area contributed by atoms with Crippen LogP contribution in [-0.4, -0.2) is 5.67 Å². The van der Waals surface area contributed by atoms with Crippen molar-refractivity contribution in [2.75, 3.05) is 0 Å². The van der Waals surface area contributed by atoms with Gasteiger partial charge in [-0.2, -0.15) is 0 Å². The summed E-state index contributed by atoms with van der Waals surface area (Å²) in [5, 5.41) is 0. The Hall–Kier alpha value is -0.0700. The van der Waals surface area contributed by atoms with Crippen molar-refractivity contribution < 1.29 is 4.39 Å². The molecule has 0 saturated heterocycles. The summed E-state index contributed by atoms with van der Waals surface area (Å²) in [6.07, 6.45) is 4.24. The summed E-state index contributed by atoms with van der Waals surface area (Å²) in [6, 6.07) is 0. The molecule has 0 heterocycles. The van der Waals surface area contributed by atoms with Crippen molar-refractivity contribution in [2.45, 2.75) is 31.9 Å². The van der Waals surface area contributed by atoms with Crippen LogP contribution in [0.2, 0.25) is 0 Å². The molecule has 1 aliphatic carbocycles. The number of halogens is 1. The molecule has 1 radical (unpaired) electrons. The van der Waals surface area contributed by atoms with E-state index in [1.807, 2.05) is 0 Å². The fourth-order valence-corrected chi connectivity index (χ4v) is 0.803. The van der Waals surface area contributed by atoms with Gasteiger partial charge >= 0.3 is 0 Å². The first-order valence-electron chi connectivity index (χ1n) is 2.76. The van der Waals surface area contributed by atoms with E-state index in [2.05, 4.69) is 0 Å². The second-order valence-corrected chi connectivity index (χ2v) is 2.18. The maximum absolute atomic E-state index is 12.6. The quantitative estimate of drug-likeness (QED) is 0.474. The molecule has 0 N–H and O–H groups in total. The molecule has 1 heteroatoms. The zero-order chi connectivity index (χ0) is 5.33. The van der Waals surface area contributed by atoms with Crippen LogP contribution in [0.3, 0.4) is 0 Å². The highest BCUT2D eigenvalue weighted by Crippen LogP contribution is 2.37. The van der Waals surface area contributed by atoms with Crippen LogP contribution in [0.15, 0.2) is 0 Å². The van der Waals surface area contributed by atoms with Crippen molar-refractivity contribution in [3.63, 3.8) is 0 Å². The Bertz CT molecular complexity index is 59.1. The third-order valence-electron chi connectivity index (χ3n) is 1.70. The first kappa shape index (κ1) is 5.07. The average Bonchev–Trinajstić information content (AvgIpc) is 1.61. The van der Waals surface area contributed by atoms with Gasteiger partial charge in [-0.05, 0) is 25.7 Å². The van der Waals surface area contributed by atoms with E-state index in [0.717, 1.165) is 19.3 Å². The smallest absolute Gasteiger partial charge is 0.114 e. The topological polar surface area (TPSA) is 0 Å². The van der Waals surface area contributed by atoms with Crippen LogP contribution < -0.4 is 0 Å². The van der Waals surface area contributed by atoms with E-state index in [1.165, 1.54) is 0 Å². The van der Waals surface area contributed by atoms with E-state index in [9.17, 15) is 4.39 Å². The molecule has 1 aliphatic rings. The first-order valence-corrected chi connectivity index (χ1v) is 2.76. The van der Waals surface area contributed by atoms with Gasteiger partial charge in [-0.1, -0.05) is 6.92 Å². The Morgan fingerprint density at radius 1 is 1.57 bits per heavy atom. The molecule has 0 spiro atoms. The van der Waals surface area contributed by atoms with Crippen molar-refractivity contribution in [1.29, 1.82) is 0 Å². The van der Waals surface area contributed by atoms with Crippen LogP contribution in [0.5, 0.6) is 0 Å². The zero-order valence-corrected chi connectivity index (χ0v) is 4.58. The SMILES string of the molecule is C[CH]C1(F)CCC1. The highest BCUT2D eigenvalue weighted by molar-refractivity contribution is 4.97. The molecule has 0 aromatic carbocycles. The van der Waals surface area contributed by atoms with E-state index in [4.69, 9.17) is 0 Å². The molecule has 1 saturated carbocycles. The second kappa shape index (κ2) is 1.46. The van der Waals surface area contributed by atoms with Gasteiger partial charge in [0.15, 0.2) is 0 Å². The molecule has 41 valence electrons. The fraction of sp³-hybridized carbons (Fsp3) is 0.833. The lowest BCUT2D eigenvalue weighted by Gasteiger charge is -2.31. The van der Waals surface area contributed by atoms with Gasteiger partial charge in [-0.3, -0.25) is 0 Å². The van der Waals surface area contributed by atoms with Gasteiger partial charge in [0.1, 0.15) is 5.67 Å². The van der Waals surface area contributed by atoms with Crippen molar-refractivity contribution in [3.05, 3.63) is 6.42 Å². The molecule has 0 aromatic rings.